The Hall–Kier alpha value is -2.77. The number of hydrogen-bond acceptors (Lipinski definition) is 6. The van der Waals surface area contributed by atoms with Gasteiger partial charge in [0.2, 0.25) is 5.69 Å². The fraction of sp³-hybridized carbons (Fsp3) is 0.167. The molecule has 0 aliphatic carbocycles. The van der Waals surface area contributed by atoms with Crippen LogP contribution in [0.15, 0.2) is 42.5 Å². The van der Waals surface area contributed by atoms with Crippen molar-refractivity contribution >= 4 is 29.2 Å². The highest BCUT2D eigenvalue weighted by atomic mass is 35.5. The standard InChI is InChI=1S/C18H15Cl2N3O4/c1-25-12-5-3-11(4-6-12)10-23-17(16(21-22-23)18(24)26-2)27-13-7-8-14(19)15(20)9-13/h3-9H,10H2,1-2H3. The van der Waals surface area contributed by atoms with Crippen molar-refractivity contribution in [1.82, 2.24) is 15.0 Å². The van der Waals surface area contributed by atoms with Crippen molar-refractivity contribution in [3.05, 3.63) is 63.8 Å². The van der Waals surface area contributed by atoms with Crippen LogP contribution in [0, 0.1) is 0 Å². The first kappa shape index (κ1) is 19.0. The van der Waals surface area contributed by atoms with E-state index in [1.807, 2.05) is 24.3 Å². The molecular formula is C18H15Cl2N3O4. The van der Waals surface area contributed by atoms with Gasteiger partial charge in [-0.3, -0.25) is 0 Å². The summed E-state index contributed by atoms with van der Waals surface area (Å²) in [4.78, 5) is 12.0. The smallest absolute Gasteiger partial charge is 0.364 e. The quantitative estimate of drug-likeness (QED) is 0.569. The fourth-order valence-corrected chi connectivity index (χ4v) is 2.58. The van der Waals surface area contributed by atoms with Gasteiger partial charge in [0.1, 0.15) is 11.5 Å². The molecule has 2 aromatic carbocycles. The van der Waals surface area contributed by atoms with Gasteiger partial charge in [-0.05, 0) is 29.8 Å². The number of ether oxygens (including phenoxy) is 3. The molecule has 3 rings (SSSR count). The molecule has 0 aliphatic rings. The zero-order valence-corrected chi connectivity index (χ0v) is 16.0. The highest BCUT2D eigenvalue weighted by molar-refractivity contribution is 6.42. The lowest BCUT2D eigenvalue weighted by molar-refractivity contribution is 0.0590. The van der Waals surface area contributed by atoms with Crippen LogP contribution in [0.4, 0.5) is 0 Å². The minimum absolute atomic E-state index is 0.0444. The number of rotatable bonds is 6. The maximum Gasteiger partial charge on any atom is 0.364 e. The Morgan fingerprint density at radius 1 is 1.04 bits per heavy atom. The molecule has 9 heteroatoms. The molecular weight excluding hydrogens is 393 g/mol. The van der Waals surface area contributed by atoms with Crippen molar-refractivity contribution in [3.63, 3.8) is 0 Å². The summed E-state index contributed by atoms with van der Waals surface area (Å²) in [7, 11) is 2.85. The van der Waals surface area contributed by atoms with E-state index in [0.717, 1.165) is 11.3 Å². The zero-order valence-electron chi connectivity index (χ0n) is 14.5. The summed E-state index contributed by atoms with van der Waals surface area (Å²) in [6.07, 6.45) is 0. The first-order valence-electron chi connectivity index (χ1n) is 7.79. The summed E-state index contributed by atoms with van der Waals surface area (Å²) < 4.78 is 17.2. The molecule has 0 fully saturated rings. The van der Waals surface area contributed by atoms with Gasteiger partial charge in [-0.1, -0.05) is 40.5 Å². The Labute approximate surface area is 165 Å². The van der Waals surface area contributed by atoms with Crippen LogP contribution in [0.5, 0.6) is 17.4 Å². The van der Waals surface area contributed by atoms with Gasteiger partial charge < -0.3 is 14.2 Å². The summed E-state index contributed by atoms with van der Waals surface area (Å²) in [6, 6.07) is 12.2. The number of esters is 1. The second-order valence-electron chi connectivity index (χ2n) is 5.42. The van der Waals surface area contributed by atoms with Gasteiger partial charge in [0, 0.05) is 6.07 Å². The lowest BCUT2D eigenvalue weighted by atomic mass is 10.2. The monoisotopic (exact) mass is 407 g/mol. The van der Waals surface area contributed by atoms with Gasteiger partial charge in [-0.2, -0.15) is 0 Å². The topological polar surface area (TPSA) is 75.5 Å². The molecule has 0 spiro atoms. The lowest BCUT2D eigenvalue weighted by Crippen LogP contribution is -2.07. The SMILES string of the molecule is COC(=O)c1nnn(Cc2ccc(OC)cc2)c1Oc1ccc(Cl)c(Cl)c1. The lowest BCUT2D eigenvalue weighted by Gasteiger charge is -2.10. The fourth-order valence-electron chi connectivity index (χ4n) is 2.29. The third kappa shape index (κ3) is 4.32. The highest BCUT2D eigenvalue weighted by Gasteiger charge is 2.23. The Morgan fingerprint density at radius 2 is 1.74 bits per heavy atom. The average molecular weight is 408 g/mol. The van der Waals surface area contributed by atoms with Crippen LogP contribution in [0.3, 0.4) is 0 Å². The van der Waals surface area contributed by atoms with Gasteiger partial charge in [0.15, 0.2) is 0 Å². The van der Waals surface area contributed by atoms with Crippen LogP contribution in [-0.2, 0) is 11.3 Å². The van der Waals surface area contributed by atoms with Gasteiger partial charge >= 0.3 is 5.97 Å². The summed E-state index contributed by atoms with van der Waals surface area (Å²) in [5.74, 6) is 0.592. The summed E-state index contributed by atoms with van der Waals surface area (Å²) in [5.41, 5.74) is 0.869. The second kappa shape index (κ2) is 8.28. The number of carbonyl (C=O) groups excluding carboxylic acids is 1. The highest BCUT2D eigenvalue weighted by Crippen LogP contribution is 2.31. The molecule has 0 radical (unpaired) electrons. The largest absolute Gasteiger partial charge is 0.497 e. The van der Waals surface area contributed by atoms with Crippen LogP contribution < -0.4 is 9.47 Å². The van der Waals surface area contributed by atoms with Crippen LogP contribution in [0.25, 0.3) is 0 Å². The Kier molecular flexibility index (Phi) is 5.83. The zero-order chi connectivity index (χ0) is 19.4. The second-order valence-corrected chi connectivity index (χ2v) is 6.23. The normalized spacial score (nSPS) is 10.5. The maximum absolute atomic E-state index is 12.0. The van der Waals surface area contributed by atoms with Crippen molar-refractivity contribution in [1.29, 1.82) is 0 Å². The van der Waals surface area contributed by atoms with Crippen molar-refractivity contribution < 1.29 is 19.0 Å². The maximum atomic E-state index is 12.0. The molecule has 1 aromatic heterocycles. The van der Waals surface area contributed by atoms with E-state index in [1.54, 1.807) is 19.2 Å². The number of nitrogens with zero attached hydrogens (tertiary/aromatic N) is 3. The number of hydrogen-bond donors (Lipinski definition) is 0. The molecule has 0 aliphatic heterocycles. The van der Waals surface area contributed by atoms with Crippen molar-refractivity contribution in [3.8, 4) is 17.4 Å². The first-order valence-corrected chi connectivity index (χ1v) is 8.55. The molecule has 27 heavy (non-hydrogen) atoms. The van der Waals surface area contributed by atoms with Gasteiger partial charge in [-0.25, -0.2) is 9.48 Å². The van der Waals surface area contributed by atoms with E-state index in [1.165, 1.54) is 17.9 Å². The molecule has 0 N–H and O–H groups in total. The molecule has 7 nitrogen and oxygen atoms in total. The number of benzene rings is 2. The molecule has 0 unspecified atom stereocenters. The Balaban J connectivity index is 1.94. The molecule has 0 amide bonds. The van der Waals surface area contributed by atoms with Gasteiger partial charge in [0.25, 0.3) is 5.88 Å². The molecule has 0 saturated heterocycles. The summed E-state index contributed by atoms with van der Waals surface area (Å²) >= 11 is 12.0. The Morgan fingerprint density at radius 3 is 2.37 bits per heavy atom. The first-order chi connectivity index (χ1) is 13.0. The van der Waals surface area contributed by atoms with E-state index in [0.29, 0.717) is 22.3 Å². The number of aromatic nitrogens is 3. The molecule has 0 saturated carbocycles. The van der Waals surface area contributed by atoms with E-state index in [4.69, 9.17) is 37.4 Å². The van der Waals surface area contributed by atoms with Crippen LogP contribution in [0.2, 0.25) is 10.0 Å². The molecule has 140 valence electrons. The number of halogens is 2. The molecule has 0 bridgehead atoms. The summed E-state index contributed by atoms with van der Waals surface area (Å²) in [6.45, 7) is 0.324. The van der Waals surface area contributed by atoms with E-state index in [2.05, 4.69) is 10.3 Å². The van der Waals surface area contributed by atoms with Crippen LogP contribution in [0.1, 0.15) is 16.1 Å². The molecule has 3 aromatic rings. The molecule has 0 atom stereocenters. The number of carbonyl (C=O) groups is 1. The Bertz CT molecular complexity index is 958. The van der Waals surface area contributed by atoms with Crippen LogP contribution in [-0.4, -0.2) is 35.2 Å². The van der Waals surface area contributed by atoms with Gasteiger partial charge in [-0.15, -0.1) is 5.10 Å². The van der Waals surface area contributed by atoms with Crippen molar-refractivity contribution in [2.45, 2.75) is 6.54 Å². The number of methoxy groups -OCH3 is 2. The van der Waals surface area contributed by atoms with E-state index in [9.17, 15) is 4.79 Å². The predicted molar refractivity (Wildman–Crippen MR) is 100.0 cm³/mol. The third-order valence-electron chi connectivity index (χ3n) is 3.67. The summed E-state index contributed by atoms with van der Waals surface area (Å²) in [5, 5.41) is 8.61. The average Bonchev–Trinajstić information content (AvgIpc) is 3.07. The van der Waals surface area contributed by atoms with Crippen molar-refractivity contribution in [2.75, 3.05) is 14.2 Å². The van der Waals surface area contributed by atoms with E-state index < -0.39 is 5.97 Å². The van der Waals surface area contributed by atoms with Gasteiger partial charge in [0.05, 0.1) is 30.8 Å². The van der Waals surface area contributed by atoms with Crippen LogP contribution >= 0.6 is 23.2 Å². The third-order valence-corrected chi connectivity index (χ3v) is 4.40. The van der Waals surface area contributed by atoms with E-state index in [-0.39, 0.29) is 11.6 Å². The van der Waals surface area contributed by atoms with Crippen molar-refractivity contribution in [2.24, 2.45) is 0 Å². The van der Waals surface area contributed by atoms with E-state index >= 15 is 0 Å². The predicted octanol–water partition coefficient (Wildman–Crippen LogP) is 4.22. The molecule has 1 heterocycles. The minimum Gasteiger partial charge on any atom is -0.497 e. The minimum atomic E-state index is -0.661.